The molecule has 1 saturated heterocycles. The largest absolute Gasteiger partial charge is 0.469 e. The van der Waals surface area contributed by atoms with Crippen LogP contribution in [0.2, 0.25) is 0 Å². The molecule has 94 valence electrons. The van der Waals surface area contributed by atoms with Gasteiger partial charge in [0.15, 0.2) is 0 Å². The summed E-state index contributed by atoms with van der Waals surface area (Å²) in [7, 11) is -4.53. The van der Waals surface area contributed by atoms with Crippen LogP contribution in [0.15, 0.2) is 0 Å². The highest BCUT2D eigenvalue weighted by Crippen LogP contribution is 2.37. The number of hydrogen-bond acceptors (Lipinski definition) is 5. The Labute approximate surface area is 93.0 Å². The molecule has 0 aromatic rings. The fraction of sp³-hybridized carbons (Fsp3) is 0.875. The van der Waals surface area contributed by atoms with E-state index in [1.54, 1.807) is 6.92 Å². The Morgan fingerprint density at radius 1 is 1.56 bits per heavy atom. The standard InChI is InChI=1S/C8H16NO6P/c1-5-8(11)7(3-10)6(2-9-5)4-15-16(12,13)14/h3,5-9,11H,2,4H2,1H3,(H2,12,13,14). The lowest BCUT2D eigenvalue weighted by Crippen LogP contribution is -2.54. The van der Waals surface area contributed by atoms with Crippen molar-refractivity contribution in [2.75, 3.05) is 13.2 Å². The van der Waals surface area contributed by atoms with Crippen LogP contribution in [0.4, 0.5) is 0 Å². The average Bonchev–Trinajstić information content (AvgIpc) is 2.18. The summed E-state index contributed by atoms with van der Waals surface area (Å²) < 4.78 is 14.9. The Balaban J connectivity index is 2.59. The highest BCUT2D eigenvalue weighted by atomic mass is 31.2. The first-order valence-corrected chi connectivity index (χ1v) is 6.45. The van der Waals surface area contributed by atoms with Gasteiger partial charge in [-0.3, -0.25) is 4.52 Å². The minimum atomic E-state index is -4.53. The molecule has 0 aromatic heterocycles. The Kier molecular flexibility index (Phi) is 4.61. The summed E-state index contributed by atoms with van der Waals surface area (Å²) in [5, 5.41) is 12.6. The zero-order valence-electron chi connectivity index (χ0n) is 8.81. The highest BCUT2D eigenvalue weighted by molar-refractivity contribution is 7.46. The first-order chi connectivity index (χ1) is 7.35. The minimum Gasteiger partial charge on any atom is -0.391 e. The number of aldehydes is 1. The molecule has 1 aliphatic heterocycles. The molecule has 1 rings (SSSR count). The van der Waals surface area contributed by atoms with Crippen LogP contribution in [0.5, 0.6) is 0 Å². The van der Waals surface area contributed by atoms with Crippen LogP contribution in [0.1, 0.15) is 6.92 Å². The maximum atomic E-state index is 10.8. The van der Waals surface area contributed by atoms with Crippen molar-refractivity contribution in [1.82, 2.24) is 5.32 Å². The number of aliphatic hydroxyl groups is 1. The van der Waals surface area contributed by atoms with Crippen molar-refractivity contribution >= 4 is 14.1 Å². The number of rotatable bonds is 4. The molecule has 4 unspecified atom stereocenters. The molecule has 1 aliphatic rings. The van der Waals surface area contributed by atoms with Gasteiger partial charge >= 0.3 is 7.82 Å². The van der Waals surface area contributed by atoms with E-state index in [2.05, 4.69) is 9.84 Å². The summed E-state index contributed by atoms with van der Waals surface area (Å²) in [6.07, 6.45) is -0.257. The van der Waals surface area contributed by atoms with E-state index in [1.165, 1.54) is 0 Å². The van der Waals surface area contributed by atoms with E-state index in [-0.39, 0.29) is 12.6 Å². The molecule has 0 bridgehead atoms. The fourth-order valence-corrected chi connectivity index (χ4v) is 2.15. The molecule has 1 heterocycles. The summed E-state index contributed by atoms with van der Waals surface area (Å²) >= 11 is 0. The van der Waals surface area contributed by atoms with Crippen LogP contribution >= 0.6 is 7.82 Å². The van der Waals surface area contributed by atoms with Gasteiger partial charge in [0.05, 0.1) is 12.7 Å². The maximum absolute atomic E-state index is 10.8. The molecule has 16 heavy (non-hydrogen) atoms. The molecule has 4 N–H and O–H groups in total. The van der Waals surface area contributed by atoms with Gasteiger partial charge in [0.2, 0.25) is 0 Å². The van der Waals surface area contributed by atoms with Crippen molar-refractivity contribution in [2.45, 2.75) is 19.1 Å². The van der Waals surface area contributed by atoms with Crippen LogP contribution in [-0.2, 0) is 13.9 Å². The van der Waals surface area contributed by atoms with Crippen molar-refractivity contribution in [3.05, 3.63) is 0 Å². The number of aliphatic hydroxyl groups excluding tert-OH is 1. The normalized spacial score (nSPS) is 36.0. The molecule has 0 radical (unpaired) electrons. The first-order valence-electron chi connectivity index (χ1n) is 4.92. The predicted octanol–water partition coefficient (Wildman–Crippen LogP) is -1.12. The molecular formula is C8H16NO6P. The number of piperidine rings is 1. The summed E-state index contributed by atoms with van der Waals surface area (Å²) in [4.78, 5) is 27.9. The molecule has 8 heteroatoms. The van der Waals surface area contributed by atoms with Crippen LogP contribution in [0, 0.1) is 11.8 Å². The summed E-state index contributed by atoms with van der Waals surface area (Å²) in [6, 6.07) is -0.221. The van der Waals surface area contributed by atoms with Gasteiger partial charge in [0, 0.05) is 24.4 Å². The lowest BCUT2D eigenvalue weighted by Gasteiger charge is -2.36. The van der Waals surface area contributed by atoms with Crippen molar-refractivity contribution < 1.29 is 28.8 Å². The van der Waals surface area contributed by atoms with Crippen molar-refractivity contribution in [3.8, 4) is 0 Å². The number of carbonyl (C=O) groups excluding carboxylic acids is 1. The minimum absolute atomic E-state index is 0.221. The molecule has 4 atom stereocenters. The molecular weight excluding hydrogens is 237 g/mol. The smallest absolute Gasteiger partial charge is 0.391 e. The quantitative estimate of drug-likeness (QED) is 0.370. The highest BCUT2D eigenvalue weighted by Gasteiger charge is 2.37. The number of hydrogen-bond donors (Lipinski definition) is 4. The average molecular weight is 253 g/mol. The van der Waals surface area contributed by atoms with Crippen LogP contribution < -0.4 is 5.32 Å². The van der Waals surface area contributed by atoms with Gasteiger partial charge in [-0.05, 0) is 6.92 Å². The topological polar surface area (TPSA) is 116 Å². The molecule has 0 saturated carbocycles. The molecule has 1 fully saturated rings. The summed E-state index contributed by atoms with van der Waals surface area (Å²) in [5.41, 5.74) is 0. The van der Waals surface area contributed by atoms with Gasteiger partial charge in [0.1, 0.15) is 6.29 Å². The summed E-state index contributed by atoms with van der Waals surface area (Å²) in [6.45, 7) is 1.85. The molecule has 0 aromatic carbocycles. The third-order valence-corrected chi connectivity index (χ3v) is 3.25. The van der Waals surface area contributed by atoms with Gasteiger partial charge in [-0.25, -0.2) is 4.57 Å². The third-order valence-electron chi connectivity index (χ3n) is 2.77. The van der Waals surface area contributed by atoms with Crippen LogP contribution in [-0.4, -0.2) is 46.5 Å². The molecule has 0 amide bonds. The second-order valence-electron chi connectivity index (χ2n) is 3.95. The van der Waals surface area contributed by atoms with E-state index in [0.717, 1.165) is 0 Å². The van der Waals surface area contributed by atoms with Gasteiger partial charge in [-0.15, -0.1) is 0 Å². The van der Waals surface area contributed by atoms with E-state index >= 15 is 0 Å². The Morgan fingerprint density at radius 3 is 2.69 bits per heavy atom. The first kappa shape index (κ1) is 13.8. The number of carbonyl (C=O) groups is 1. The van der Waals surface area contributed by atoms with E-state index < -0.39 is 25.8 Å². The summed E-state index contributed by atoms with van der Waals surface area (Å²) in [5.74, 6) is -1.10. The van der Waals surface area contributed by atoms with E-state index in [1.807, 2.05) is 0 Å². The predicted molar refractivity (Wildman–Crippen MR) is 54.5 cm³/mol. The van der Waals surface area contributed by atoms with Gasteiger partial charge < -0.3 is 25.0 Å². The molecule has 0 spiro atoms. The van der Waals surface area contributed by atoms with Crippen molar-refractivity contribution in [3.63, 3.8) is 0 Å². The lowest BCUT2D eigenvalue weighted by atomic mass is 9.82. The second-order valence-corrected chi connectivity index (χ2v) is 5.19. The SMILES string of the molecule is CC1NCC(COP(=O)(O)O)C(C=O)C1O. The monoisotopic (exact) mass is 253 g/mol. The Bertz CT molecular complexity index is 292. The van der Waals surface area contributed by atoms with E-state index in [9.17, 15) is 14.5 Å². The second kappa shape index (κ2) is 5.35. The van der Waals surface area contributed by atoms with Gasteiger partial charge in [-0.2, -0.15) is 0 Å². The maximum Gasteiger partial charge on any atom is 0.469 e. The van der Waals surface area contributed by atoms with Gasteiger partial charge in [0.25, 0.3) is 0 Å². The van der Waals surface area contributed by atoms with Crippen molar-refractivity contribution in [1.29, 1.82) is 0 Å². The van der Waals surface area contributed by atoms with Gasteiger partial charge in [-0.1, -0.05) is 0 Å². The van der Waals surface area contributed by atoms with Crippen molar-refractivity contribution in [2.24, 2.45) is 11.8 Å². The Hall–Kier alpha value is -0.300. The molecule has 7 nitrogen and oxygen atoms in total. The third kappa shape index (κ3) is 3.62. The molecule has 0 aliphatic carbocycles. The van der Waals surface area contributed by atoms with Crippen LogP contribution in [0.3, 0.4) is 0 Å². The number of nitrogens with one attached hydrogen (secondary N) is 1. The number of phosphoric acid groups is 1. The zero-order valence-corrected chi connectivity index (χ0v) is 9.71. The zero-order chi connectivity index (χ0) is 12.3. The van der Waals surface area contributed by atoms with E-state index in [0.29, 0.717) is 12.8 Å². The lowest BCUT2D eigenvalue weighted by molar-refractivity contribution is -0.120. The fourth-order valence-electron chi connectivity index (χ4n) is 1.76. The van der Waals surface area contributed by atoms with Crippen LogP contribution in [0.25, 0.3) is 0 Å². The van der Waals surface area contributed by atoms with E-state index in [4.69, 9.17) is 9.79 Å². The number of phosphoric ester groups is 1. The Morgan fingerprint density at radius 2 is 2.19 bits per heavy atom.